The predicted molar refractivity (Wildman–Crippen MR) is 83.4 cm³/mol. The van der Waals surface area contributed by atoms with Crippen molar-refractivity contribution in [3.05, 3.63) is 29.3 Å². The van der Waals surface area contributed by atoms with Gasteiger partial charge in [0.05, 0.1) is 0 Å². The predicted octanol–water partition coefficient (Wildman–Crippen LogP) is 1.17. The molecule has 1 aliphatic rings. The topological polar surface area (TPSA) is 58.8 Å². The molecule has 1 aromatic carbocycles. The molecule has 5 heteroatoms. The molecular weight excluding hydrogens is 266 g/mol. The summed E-state index contributed by atoms with van der Waals surface area (Å²) >= 11 is 0. The van der Waals surface area contributed by atoms with Gasteiger partial charge in [-0.1, -0.05) is 17.7 Å². The molecule has 5 nitrogen and oxygen atoms in total. The molecule has 0 aromatic heterocycles. The quantitative estimate of drug-likeness (QED) is 0.904. The first-order chi connectivity index (χ1) is 9.97. The highest BCUT2D eigenvalue weighted by molar-refractivity contribution is 5.78. The highest BCUT2D eigenvalue weighted by atomic mass is 16.5. The van der Waals surface area contributed by atoms with E-state index in [1.54, 1.807) is 0 Å². The summed E-state index contributed by atoms with van der Waals surface area (Å²) in [5.74, 6) is 0.748. The zero-order valence-electron chi connectivity index (χ0n) is 13.1. The SMILES string of the molecule is Cc1ccc(OCC(=O)N2CCN(C)CC2)c(C(C)N)c1. The lowest BCUT2D eigenvalue weighted by molar-refractivity contribution is -0.134. The number of ether oxygens (including phenoxy) is 1. The molecule has 0 bridgehead atoms. The second-order valence-corrected chi connectivity index (χ2v) is 5.80. The van der Waals surface area contributed by atoms with Crippen molar-refractivity contribution in [2.75, 3.05) is 39.8 Å². The second kappa shape index (κ2) is 6.91. The molecule has 116 valence electrons. The van der Waals surface area contributed by atoms with Crippen LogP contribution in [0.2, 0.25) is 0 Å². The second-order valence-electron chi connectivity index (χ2n) is 5.80. The van der Waals surface area contributed by atoms with Gasteiger partial charge in [0.1, 0.15) is 5.75 Å². The summed E-state index contributed by atoms with van der Waals surface area (Å²) in [5, 5.41) is 0. The third-order valence-corrected chi connectivity index (χ3v) is 3.86. The van der Waals surface area contributed by atoms with Crippen molar-refractivity contribution < 1.29 is 9.53 Å². The number of piperazine rings is 1. The summed E-state index contributed by atoms with van der Waals surface area (Å²) in [6, 6.07) is 5.77. The van der Waals surface area contributed by atoms with Crippen LogP contribution in [0.4, 0.5) is 0 Å². The van der Waals surface area contributed by atoms with Crippen LogP contribution in [0, 0.1) is 6.92 Å². The van der Waals surface area contributed by atoms with Crippen molar-refractivity contribution >= 4 is 5.91 Å². The molecule has 0 spiro atoms. The van der Waals surface area contributed by atoms with Crippen LogP contribution >= 0.6 is 0 Å². The molecule has 1 unspecified atom stereocenters. The van der Waals surface area contributed by atoms with Gasteiger partial charge >= 0.3 is 0 Å². The summed E-state index contributed by atoms with van der Waals surface area (Å²) in [5.41, 5.74) is 8.05. The van der Waals surface area contributed by atoms with Crippen molar-refractivity contribution in [2.45, 2.75) is 19.9 Å². The molecule has 1 aromatic rings. The van der Waals surface area contributed by atoms with E-state index in [-0.39, 0.29) is 18.6 Å². The largest absolute Gasteiger partial charge is 0.483 e. The first-order valence-electron chi connectivity index (χ1n) is 7.42. The molecule has 2 N–H and O–H groups in total. The average molecular weight is 291 g/mol. The maximum atomic E-state index is 12.2. The van der Waals surface area contributed by atoms with E-state index in [0.29, 0.717) is 5.75 Å². The van der Waals surface area contributed by atoms with Crippen LogP contribution < -0.4 is 10.5 Å². The summed E-state index contributed by atoms with van der Waals surface area (Å²) in [6.07, 6.45) is 0. The molecule has 1 atom stereocenters. The molecule has 1 heterocycles. The van der Waals surface area contributed by atoms with Crippen LogP contribution in [0.15, 0.2) is 18.2 Å². The number of rotatable bonds is 4. The van der Waals surface area contributed by atoms with E-state index in [9.17, 15) is 4.79 Å². The minimum Gasteiger partial charge on any atom is -0.483 e. The lowest BCUT2D eigenvalue weighted by atomic mass is 10.1. The van der Waals surface area contributed by atoms with Gasteiger partial charge in [-0.3, -0.25) is 4.79 Å². The Kier molecular flexibility index (Phi) is 5.20. The molecule has 1 amide bonds. The van der Waals surface area contributed by atoms with Crippen molar-refractivity contribution in [3.8, 4) is 5.75 Å². The molecule has 1 aliphatic heterocycles. The molecular formula is C16H25N3O2. The number of nitrogens with zero attached hydrogens (tertiary/aromatic N) is 2. The van der Waals surface area contributed by atoms with Gasteiger partial charge in [0.25, 0.3) is 5.91 Å². The Morgan fingerprint density at radius 1 is 1.33 bits per heavy atom. The van der Waals surface area contributed by atoms with E-state index < -0.39 is 0 Å². The Hall–Kier alpha value is -1.59. The van der Waals surface area contributed by atoms with Crippen LogP contribution in [0.1, 0.15) is 24.1 Å². The summed E-state index contributed by atoms with van der Waals surface area (Å²) in [7, 11) is 2.07. The molecule has 2 rings (SSSR count). The number of likely N-dealkylation sites (N-methyl/N-ethyl adjacent to an activating group) is 1. The molecule has 21 heavy (non-hydrogen) atoms. The van der Waals surface area contributed by atoms with Crippen molar-refractivity contribution in [1.29, 1.82) is 0 Å². The first kappa shape index (κ1) is 15.8. The summed E-state index contributed by atoms with van der Waals surface area (Å²) < 4.78 is 5.71. The zero-order chi connectivity index (χ0) is 15.4. The van der Waals surface area contributed by atoms with Crippen LogP contribution in [-0.2, 0) is 4.79 Å². The number of nitrogens with two attached hydrogens (primary N) is 1. The van der Waals surface area contributed by atoms with Crippen LogP contribution in [0.5, 0.6) is 5.75 Å². The maximum Gasteiger partial charge on any atom is 0.260 e. The number of hydrogen-bond donors (Lipinski definition) is 1. The van der Waals surface area contributed by atoms with Crippen molar-refractivity contribution in [2.24, 2.45) is 5.73 Å². The fourth-order valence-electron chi connectivity index (χ4n) is 2.44. The van der Waals surface area contributed by atoms with Gasteiger partial charge in [0.15, 0.2) is 6.61 Å². The van der Waals surface area contributed by atoms with E-state index in [1.807, 2.05) is 36.9 Å². The van der Waals surface area contributed by atoms with Gasteiger partial charge in [0, 0.05) is 37.8 Å². The van der Waals surface area contributed by atoms with Crippen LogP contribution in [-0.4, -0.2) is 55.5 Å². The number of carbonyl (C=O) groups excluding carboxylic acids is 1. The number of aryl methyl sites for hydroxylation is 1. The molecule has 1 saturated heterocycles. The van der Waals surface area contributed by atoms with Gasteiger partial charge < -0.3 is 20.3 Å². The molecule has 0 radical (unpaired) electrons. The minimum absolute atomic E-state index is 0.0410. The number of hydrogen-bond acceptors (Lipinski definition) is 4. The maximum absolute atomic E-state index is 12.2. The lowest BCUT2D eigenvalue weighted by Crippen LogP contribution is -2.48. The van der Waals surface area contributed by atoms with E-state index in [2.05, 4.69) is 11.9 Å². The molecule has 0 aliphatic carbocycles. The number of benzene rings is 1. The highest BCUT2D eigenvalue weighted by Crippen LogP contribution is 2.25. The lowest BCUT2D eigenvalue weighted by Gasteiger charge is -2.32. The van der Waals surface area contributed by atoms with Gasteiger partial charge in [-0.2, -0.15) is 0 Å². The van der Waals surface area contributed by atoms with E-state index in [0.717, 1.165) is 37.3 Å². The summed E-state index contributed by atoms with van der Waals surface area (Å²) in [6.45, 7) is 7.39. The third kappa shape index (κ3) is 4.19. The Labute approximate surface area is 126 Å². The average Bonchev–Trinajstić information content (AvgIpc) is 2.46. The van der Waals surface area contributed by atoms with Gasteiger partial charge in [0.2, 0.25) is 0 Å². The minimum atomic E-state index is -0.112. The Balaban J connectivity index is 1.95. The van der Waals surface area contributed by atoms with Gasteiger partial charge in [-0.05, 0) is 27.0 Å². The van der Waals surface area contributed by atoms with Gasteiger partial charge in [-0.25, -0.2) is 0 Å². The zero-order valence-corrected chi connectivity index (χ0v) is 13.1. The molecule has 1 fully saturated rings. The number of amides is 1. The monoisotopic (exact) mass is 291 g/mol. The number of carbonyl (C=O) groups is 1. The van der Waals surface area contributed by atoms with E-state index >= 15 is 0 Å². The Bertz CT molecular complexity index is 494. The summed E-state index contributed by atoms with van der Waals surface area (Å²) in [4.78, 5) is 16.3. The van der Waals surface area contributed by atoms with Gasteiger partial charge in [-0.15, -0.1) is 0 Å². The Morgan fingerprint density at radius 2 is 2.00 bits per heavy atom. The smallest absolute Gasteiger partial charge is 0.260 e. The van der Waals surface area contributed by atoms with Crippen LogP contribution in [0.25, 0.3) is 0 Å². The first-order valence-corrected chi connectivity index (χ1v) is 7.42. The fourth-order valence-corrected chi connectivity index (χ4v) is 2.44. The highest BCUT2D eigenvalue weighted by Gasteiger charge is 2.19. The van der Waals surface area contributed by atoms with E-state index in [1.165, 1.54) is 0 Å². The fraction of sp³-hybridized carbons (Fsp3) is 0.562. The third-order valence-electron chi connectivity index (χ3n) is 3.86. The van der Waals surface area contributed by atoms with E-state index in [4.69, 9.17) is 10.5 Å². The van der Waals surface area contributed by atoms with Crippen molar-refractivity contribution in [3.63, 3.8) is 0 Å². The Morgan fingerprint density at radius 3 is 2.62 bits per heavy atom. The standard InChI is InChI=1S/C16H25N3O2/c1-12-4-5-15(14(10-12)13(2)17)21-11-16(20)19-8-6-18(3)7-9-19/h4-5,10,13H,6-9,11,17H2,1-3H3. The van der Waals surface area contributed by atoms with Crippen molar-refractivity contribution in [1.82, 2.24) is 9.80 Å². The normalized spacial score (nSPS) is 17.6. The van der Waals surface area contributed by atoms with Crippen LogP contribution in [0.3, 0.4) is 0 Å². The molecule has 0 saturated carbocycles.